The molecule has 1 atom stereocenters. The van der Waals surface area contributed by atoms with Crippen molar-refractivity contribution >= 4 is 17.0 Å². The van der Waals surface area contributed by atoms with E-state index < -0.39 is 17.7 Å². The highest BCUT2D eigenvalue weighted by atomic mass is 19.1. The zero-order valence-corrected chi connectivity index (χ0v) is 21.4. The highest BCUT2D eigenvalue weighted by Gasteiger charge is 2.32. The van der Waals surface area contributed by atoms with Crippen LogP contribution in [0.25, 0.3) is 22.2 Å². The summed E-state index contributed by atoms with van der Waals surface area (Å²) in [6.07, 6.45) is 0.713. The van der Waals surface area contributed by atoms with Crippen LogP contribution in [-0.4, -0.2) is 33.3 Å². The van der Waals surface area contributed by atoms with Crippen molar-refractivity contribution in [2.24, 2.45) is 0 Å². The van der Waals surface area contributed by atoms with E-state index in [4.69, 9.17) is 14.5 Å². The molecule has 0 saturated heterocycles. The standard InChI is InChI=1S/C29H31FN2O4/c1-17-15-20(9-12-23(17)35-6)25-22-13-14-32(16-19-7-10-21(30)11-8-19)27(22)31-18(2)24(25)26(28(33)34)36-29(3,4)5/h7-15,26H,16H2,1-6H3,(H,33,34)/t26-/m0/s1. The van der Waals surface area contributed by atoms with Gasteiger partial charge in [-0.1, -0.05) is 18.2 Å². The number of carbonyl (C=O) groups is 1. The van der Waals surface area contributed by atoms with E-state index in [1.165, 1.54) is 12.1 Å². The van der Waals surface area contributed by atoms with Crippen LogP contribution in [0, 0.1) is 19.7 Å². The van der Waals surface area contributed by atoms with Gasteiger partial charge in [0.25, 0.3) is 0 Å². The van der Waals surface area contributed by atoms with Crippen molar-refractivity contribution < 1.29 is 23.8 Å². The zero-order chi connectivity index (χ0) is 26.2. The molecule has 0 fully saturated rings. The summed E-state index contributed by atoms with van der Waals surface area (Å²) in [5.41, 5.74) is 4.59. The number of methoxy groups -OCH3 is 1. The van der Waals surface area contributed by atoms with Crippen LogP contribution in [0.3, 0.4) is 0 Å². The lowest BCUT2D eigenvalue weighted by Crippen LogP contribution is -2.28. The van der Waals surface area contributed by atoms with E-state index in [0.29, 0.717) is 23.4 Å². The lowest BCUT2D eigenvalue weighted by Gasteiger charge is -2.28. The smallest absolute Gasteiger partial charge is 0.337 e. The van der Waals surface area contributed by atoms with Gasteiger partial charge in [0.05, 0.1) is 12.7 Å². The Hall–Kier alpha value is -3.71. The van der Waals surface area contributed by atoms with Gasteiger partial charge in [-0.25, -0.2) is 14.2 Å². The third-order valence-corrected chi connectivity index (χ3v) is 6.04. The summed E-state index contributed by atoms with van der Waals surface area (Å²) in [5, 5.41) is 11.0. The Morgan fingerprint density at radius 2 is 1.81 bits per heavy atom. The van der Waals surface area contributed by atoms with Crippen molar-refractivity contribution in [3.8, 4) is 16.9 Å². The van der Waals surface area contributed by atoms with Crippen molar-refractivity contribution in [2.45, 2.75) is 52.9 Å². The molecule has 188 valence electrons. The molecular weight excluding hydrogens is 459 g/mol. The number of halogens is 1. The van der Waals surface area contributed by atoms with Crippen LogP contribution in [0.2, 0.25) is 0 Å². The number of aromatic nitrogens is 2. The SMILES string of the molecule is COc1ccc(-c2c([C@H](OC(C)(C)C)C(=O)O)c(C)nc3c2ccn3Cc2ccc(F)cc2)cc1C. The van der Waals surface area contributed by atoms with Crippen LogP contribution in [0.4, 0.5) is 4.39 Å². The van der Waals surface area contributed by atoms with Crippen molar-refractivity contribution in [1.82, 2.24) is 9.55 Å². The fraction of sp³-hybridized carbons (Fsp3) is 0.310. The molecule has 0 aliphatic heterocycles. The van der Waals surface area contributed by atoms with Gasteiger partial charge in [0.1, 0.15) is 17.2 Å². The summed E-state index contributed by atoms with van der Waals surface area (Å²) in [6, 6.07) is 14.1. The summed E-state index contributed by atoms with van der Waals surface area (Å²) >= 11 is 0. The summed E-state index contributed by atoms with van der Waals surface area (Å²) < 4.78 is 26.9. The maximum absolute atomic E-state index is 13.4. The molecule has 0 aliphatic rings. The van der Waals surface area contributed by atoms with E-state index in [9.17, 15) is 14.3 Å². The quantitative estimate of drug-likeness (QED) is 0.322. The van der Waals surface area contributed by atoms with E-state index in [2.05, 4.69) is 0 Å². The Kier molecular flexibility index (Phi) is 6.87. The van der Waals surface area contributed by atoms with Gasteiger partial charge in [-0.15, -0.1) is 0 Å². The number of hydrogen-bond donors (Lipinski definition) is 1. The monoisotopic (exact) mass is 490 g/mol. The van der Waals surface area contributed by atoms with Crippen molar-refractivity contribution in [2.75, 3.05) is 7.11 Å². The fourth-order valence-corrected chi connectivity index (χ4v) is 4.50. The Balaban J connectivity index is 1.98. The third kappa shape index (κ3) is 5.11. The number of aliphatic carboxylic acids is 1. The lowest BCUT2D eigenvalue weighted by molar-refractivity contribution is -0.160. The molecule has 6 nitrogen and oxygen atoms in total. The molecule has 0 bridgehead atoms. The first kappa shape index (κ1) is 25.4. The fourth-order valence-electron chi connectivity index (χ4n) is 4.50. The van der Waals surface area contributed by atoms with Crippen LogP contribution in [0.15, 0.2) is 54.7 Å². The number of fused-ring (bicyclic) bond motifs is 1. The van der Waals surface area contributed by atoms with Crippen LogP contribution < -0.4 is 4.74 Å². The molecule has 1 N–H and O–H groups in total. The van der Waals surface area contributed by atoms with Gasteiger partial charge in [-0.3, -0.25) is 0 Å². The zero-order valence-electron chi connectivity index (χ0n) is 21.4. The lowest BCUT2D eigenvalue weighted by atomic mass is 9.91. The first-order valence-corrected chi connectivity index (χ1v) is 11.8. The maximum atomic E-state index is 13.4. The second-order valence-electron chi connectivity index (χ2n) is 9.93. The summed E-state index contributed by atoms with van der Waals surface area (Å²) in [4.78, 5) is 17.3. The third-order valence-electron chi connectivity index (χ3n) is 6.04. The number of carboxylic acids is 1. The number of pyridine rings is 1. The van der Waals surface area contributed by atoms with E-state index >= 15 is 0 Å². The molecule has 7 heteroatoms. The maximum Gasteiger partial charge on any atom is 0.337 e. The Morgan fingerprint density at radius 1 is 1.11 bits per heavy atom. The van der Waals surface area contributed by atoms with E-state index in [1.807, 2.05) is 69.6 Å². The second kappa shape index (κ2) is 9.74. The number of hydrogen-bond acceptors (Lipinski definition) is 4. The number of rotatable bonds is 7. The molecule has 0 aliphatic carbocycles. The van der Waals surface area contributed by atoms with Crippen LogP contribution in [0.1, 0.15) is 49.3 Å². The largest absolute Gasteiger partial charge is 0.496 e. The molecule has 4 rings (SSSR count). The summed E-state index contributed by atoms with van der Waals surface area (Å²) in [7, 11) is 1.62. The first-order chi connectivity index (χ1) is 17.0. The minimum absolute atomic E-state index is 0.287. The number of nitrogens with zero attached hydrogens (tertiary/aromatic N) is 2. The highest BCUT2D eigenvalue weighted by molar-refractivity contribution is 5.98. The molecule has 0 saturated carbocycles. The Morgan fingerprint density at radius 3 is 2.39 bits per heavy atom. The molecule has 0 unspecified atom stereocenters. The molecule has 36 heavy (non-hydrogen) atoms. The number of ether oxygens (including phenoxy) is 2. The average molecular weight is 491 g/mol. The van der Waals surface area contributed by atoms with E-state index in [0.717, 1.165) is 33.4 Å². The predicted octanol–water partition coefficient (Wildman–Crippen LogP) is 6.46. The number of benzene rings is 2. The van der Waals surface area contributed by atoms with Gasteiger partial charge in [-0.2, -0.15) is 0 Å². The molecule has 2 aromatic carbocycles. The molecular formula is C29H31FN2O4. The van der Waals surface area contributed by atoms with E-state index in [1.54, 1.807) is 19.2 Å². The highest BCUT2D eigenvalue weighted by Crippen LogP contribution is 2.40. The van der Waals surface area contributed by atoms with Crippen LogP contribution >= 0.6 is 0 Å². The van der Waals surface area contributed by atoms with Gasteiger partial charge in [0.15, 0.2) is 6.10 Å². The minimum Gasteiger partial charge on any atom is -0.496 e. The topological polar surface area (TPSA) is 73.6 Å². The van der Waals surface area contributed by atoms with Gasteiger partial charge in [0, 0.05) is 34.9 Å². The number of carboxylic acid groups (broad SMARTS) is 1. The average Bonchev–Trinajstić information content (AvgIpc) is 3.19. The summed E-state index contributed by atoms with van der Waals surface area (Å²) in [6.45, 7) is 9.76. The van der Waals surface area contributed by atoms with Gasteiger partial charge in [-0.05, 0) is 81.6 Å². The van der Waals surface area contributed by atoms with E-state index in [-0.39, 0.29) is 5.82 Å². The van der Waals surface area contributed by atoms with Crippen LogP contribution in [0.5, 0.6) is 5.75 Å². The van der Waals surface area contributed by atoms with Crippen molar-refractivity contribution in [3.63, 3.8) is 0 Å². The van der Waals surface area contributed by atoms with Gasteiger partial charge in [0.2, 0.25) is 0 Å². The molecule has 0 radical (unpaired) electrons. The molecule has 2 aromatic heterocycles. The normalized spacial score (nSPS) is 12.6. The van der Waals surface area contributed by atoms with Gasteiger partial charge >= 0.3 is 5.97 Å². The Bertz CT molecular complexity index is 1420. The molecule has 0 amide bonds. The summed E-state index contributed by atoms with van der Waals surface area (Å²) in [5.74, 6) is -0.617. The first-order valence-electron chi connectivity index (χ1n) is 11.8. The van der Waals surface area contributed by atoms with Crippen molar-refractivity contribution in [1.29, 1.82) is 0 Å². The van der Waals surface area contributed by atoms with Crippen molar-refractivity contribution in [3.05, 3.63) is 82.9 Å². The second-order valence-corrected chi connectivity index (χ2v) is 9.93. The number of aryl methyl sites for hydroxylation is 2. The molecule has 2 heterocycles. The predicted molar refractivity (Wildman–Crippen MR) is 138 cm³/mol. The molecule has 0 spiro atoms. The Labute approximate surface area is 210 Å². The van der Waals surface area contributed by atoms with Gasteiger partial charge < -0.3 is 19.1 Å². The minimum atomic E-state index is -1.21. The van der Waals surface area contributed by atoms with Crippen LogP contribution in [-0.2, 0) is 16.1 Å². The molecule has 4 aromatic rings.